The molecule has 3 rings (SSSR count). The molecule has 26 heavy (non-hydrogen) atoms. The molecular weight excluding hydrogens is 379 g/mol. The Morgan fingerprint density at radius 2 is 2.23 bits per heavy atom. The van der Waals surface area contributed by atoms with Gasteiger partial charge in [0, 0.05) is 5.22 Å². The van der Waals surface area contributed by atoms with Crippen molar-refractivity contribution in [2.75, 3.05) is 0 Å². The number of unbranched alkanes of at least 4 members (excludes halogenated alkanes) is 1. The SMILES string of the molecule is CCCC[C@H](C(=O)[O-])n1c(O)c(C2=c3cc(F)ccc3=NC2=O)sc1=S. The van der Waals surface area contributed by atoms with E-state index in [2.05, 4.69) is 4.99 Å². The summed E-state index contributed by atoms with van der Waals surface area (Å²) in [5.74, 6) is -3.00. The number of hydrogen-bond acceptors (Lipinski definition) is 6. The van der Waals surface area contributed by atoms with Crippen molar-refractivity contribution in [3.8, 4) is 5.88 Å². The molecule has 2 heterocycles. The number of thiazole rings is 1. The molecule has 1 amide bonds. The summed E-state index contributed by atoms with van der Waals surface area (Å²) >= 11 is 6.09. The predicted molar refractivity (Wildman–Crippen MR) is 93.1 cm³/mol. The van der Waals surface area contributed by atoms with Gasteiger partial charge in [-0.1, -0.05) is 19.8 Å². The molecule has 1 aliphatic rings. The molecule has 136 valence electrons. The van der Waals surface area contributed by atoms with E-state index in [0.29, 0.717) is 11.8 Å². The van der Waals surface area contributed by atoms with Gasteiger partial charge in [0.05, 0.1) is 22.9 Å². The number of aromatic nitrogens is 1. The van der Waals surface area contributed by atoms with Gasteiger partial charge in [0.15, 0.2) is 3.95 Å². The first-order valence-electron chi connectivity index (χ1n) is 7.93. The Kier molecular flexibility index (Phi) is 5.01. The van der Waals surface area contributed by atoms with E-state index in [1.165, 1.54) is 12.1 Å². The van der Waals surface area contributed by atoms with Crippen LogP contribution in [0.4, 0.5) is 4.39 Å². The van der Waals surface area contributed by atoms with Crippen LogP contribution in [-0.2, 0) is 9.59 Å². The summed E-state index contributed by atoms with van der Waals surface area (Å²) in [6, 6.07) is 2.56. The molecule has 1 N–H and O–H groups in total. The lowest BCUT2D eigenvalue weighted by Gasteiger charge is -2.20. The van der Waals surface area contributed by atoms with Gasteiger partial charge >= 0.3 is 0 Å². The van der Waals surface area contributed by atoms with Crippen LogP contribution in [0.3, 0.4) is 0 Å². The van der Waals surface area contributed by atoms with Crippen LogP contribution in [0.15, 0.2) is 23.2 Å². The number of carboxylic acids is 1. The largest absolute Gasteiger partial charge is 0.548 e. The van der Waals surface area contributed by atoms with Crippen molar-refractivity contribution >= 4 is 41.0 Å². The molecule has 0 spiro atoms. The van der Waals surface area contributed by atoms with E-state index < -0.39 is 29.6 Å². The van der Waals surface area contributed by atoms with Gasteiger partial charge < -0.3 is 15.0 Å². The average molecular weight is 393 g/mol. The highest BCUT2D eigenvalue weighted by molar-refractivity contribution is 7.73. The molecule has 0 fully saturated rings. The number of amides is 1. The summed E-state index contributed by atoms with van der Waals surface area (Å²) < 4.78 is 14.8. The Morgan fingerprint density at radius 3 is 2.88 bits per heavy atom. The smallest absolute Gasteiger partial charge is 0.279 e. The summed E-state index contributed by atoms with van der Waals surface area (Å²) in [5.41, 5.74) is 0.0134. The fraction of sp³-hybridized carbons (Fsp3) is 0.294. The second-order valence-corrected chi connectivity index (χ2v) is 7.47. The standard InChI is InChI=1S/C17H15FN2O4S2/c1-2-3-4-11(16(23)24)20-15(22)13(26-17(20)25)12-9-7-8(18)5-6-10(9)19-14(12)21/h5-7,11,22H,2-4H2,1H3,(H,23,24)/p-1/t11-/m1/s1. The van der Waals surface area contributed by atoms with Crippen molar-refractivity contribution < 1.29 is 24.2 Å². The van der Waals surface area contributed by atoms with Gasteiger partial charge in [0.1, 0.15) is 10.7 Å². The zero-order valence-corrected chi connectivity index (χ0v) is 15.3. The molecule has 0 saturated carbocycles. The summed E-state index contributed by atoms with van der Waals surface area (Å²) in [6.07, 6.45) is 1.59. The number of aromatic hydroxyl groups is 1. The Morgan fingerprint density at radius 1 is 1.50 bits per heavy atom. The van der Waals surface area contributed by atoms with Crippen LogP contribution in [0.2, 0.25) is 0 Å². The predicted octanol–water partition coefficient (Wildman–Crippen LogP) is 0.964. The topological polar surface area (TPSA) is 94.7 Å². The van der Waals surface area contributed by atoms with Crippen LogP contribution in [-0.4, -0.2) is 21.6 Å². The Bertz CT molecular complexity index is 1090. The zero-order chi connectivity index (χ0) is 19.0. The van der Waals surface area contributed by atoms with E-state index in [4.69, 9.17) is 12.2 Å². The molecule has 0 radical (unpaired) electrons. The average Bonchev–Trinajstić information content (AvgIpc) is 3.04. The number of halogens is 1. The number of benzene rings is 1. The number of fused-ring (bicyclic) bond motifs is 1. The van der Waals surface area contributed by atoms with Crippen molar-refractivity contribution in [1.82, 2.24) is 4.57 Å². The summed E-state index contributed by atoms with van der Waals surface area (Å²) in [6.45, 7) is 1.91. The van der Waals surface area contributed by atoms with Gasteiger partial charge in [-0.2, -0.15) is 0 Å². The fourth-order valence-corrected chi connectivity index (χ4v) is 4.31. The quantitative estimate of drug-likeness (QED) is 0.738. The van der Waals surface area contributed by atoms with Crippen LogP contribution in [0, 0.1) is 9.77 Å². The number of aliphatic carboxylic acids is 1. The van der Waals surface area contributed by atoms with Gasteiger partial charge in [-0.05, 0) is 36.8 Å². The lowest BCUT2D eigenvalue weighted by molar-refractivity contribution is -0.310. The fourth-order valence-electron chi connectivity index (χ4n) is 2.87. The van der Waals surface area contributed by atoms with E-state index >= 15 is 0 Å². The number of carboxylic acid groups (broad SMARTS) is 1. The summed E-state index contributed by atoms with van der Waals surface area (Å²) in [4.78, 5) is 27.7. The van der Waals surface area contributed by atoms with Gasteiger partial charge in [-0.15, -0.1) is 11.3 Å². The second-order valence-electron chi connectivity index (χ2n) is 5.82. The first-order chi connectivity index (χ1) is 12.3. The van der Waals surface area contributed by atoms with Crippen LogP contribution in [0.25, 0.3) is 5.57 Å². The van der Waals surface area contributed by atoms with Crippen molar-refractivity contribution in [3.05, 3.63) is 43.4 Å². The van der Waals surface area contributed by atoms with E-state index in [9.17, 15) is 24.2 Å². The third-order valence-corrected chi connectivity index (χ3v) is 5.53. The van der Waals surface area contributed by atoms with Gasteiger partial charge in [-0.3, -0.25) is 9.36 Å². The normalized spacial score (nSPS) is 14.2. The minimum Gasteiger partial charge on any atom is -0.548 e. The van der Waals surface area contributed by atoms with Crippen LogP contribution in [0.5, 0.6) is 5.88 Å². The lowest BCUT2D eigenvalue weighted by atomic mass is 10.1. The van der Waals surface area contributed by atoms with E-state index in [-0.39, 0.29) is 26.0 Å². The maximum atomic E-state index is 13.6. The van der Waals surface area contributed by atoms with Gasteiger partial charge in [0.25, 0.3) is 5.91 Å². The van der Waals surface area contributed by atoms with Gasteiger partial charge in [-0.25, -0.2) is 9.38 Å². The van der Waals surface area contributed by atoms with E-state index in [0.717, 1.165) is 28.4 Å². The first kappa shape index (κ1) is 18.4. The molecule has 1 aromatic carbocycles. The van der Waals surface area contributed by atoms with E-state index in [1.54, 1.807) is 0 Å². The molecule has 9 heteroatoms. The Hall–Kier alpha value is -2.39. The number of nitrogens with zero attached hydrogens (tertiary/aromatic N) is 2. The summed E-state index contributed by atoms with van der Waals surface area (Å²) in [5, 5.41) is 22.7. The molecular formula is C17H14FN2O4S2-. The highest BCUT2D eigenvalue weighted by Crippen LogP contribution is 2.36. The Balaban J connectivity index is 2.22. The van der Waals surface area contributed by atoms with Crippen LogP contribution in [0.1, 0.15) is 37.1 Å². The zero-order valence-electron chi connectivity index (χ0n) is 13.7. The van der Waals surface area contributed by atoms with E-state index in [1.807, 2.05) is 6.92 Å². The minimum absolute atomic E-state index is 0.0134. The number of carbonyl (C=O) groups excluding carboxylic acids is 2. The van der Waals surface area contributed by atoms with Crippen LogP contribution >= 0.6 is 23.6 Å². The molecule has 1 atom stereocenters. The Labute approximate surface area is 156 Å². The highest BCUT2D eigenvalue weighted by Gasteiger charge is 2.28. The maximum absolute atomic E-state index is 13.6. The molecule has 0 unspecified atom stereocenters. The number of hydrogen-bond donors (Lipinski definition) is 1. The van der Waals surface area contributed by atoms with Crippen molar-refractivity contribution in [3.63, 3.8) is 0 Å². The van der Waals surface area contributed by atoms with Crippen molar-refractivity contribution in [2.45, 2.75) is 32.2 Å². The van der Waals surface area contributed by atoms with Crippen molar-refractivity contribution in [1.29, 1.82) is 0 Å². The second kappa shape index (κ2) is 7.08. The highest BCUT2D eigenvalue weighted by atomic mass is 32.1. The molecule has 1 aliphatic heterocycles. The number of rotatable bonds is 6. The number of carbonyl (C=O) groups is 2. The molecule has 2 aromatic rings. The maximum Gasteiger partial charge on any atom is 0.279 e. The molecule has 1 aromatic heterocycles. The third kappa shape index (κ3) is 3.08. The van der Waals surface area contributed by atoms with Crippen molar-refractivity contribution in [2.24, 2.45) is 4.99 Å². The van der Waals surface area contributed by atoms with Crippen LogP contribution < -0.4 is 15.7 Å². The lowest BCUT2D eigenvalue weighted by Crippen LogP contribution is -2.33. The molecule has 0 aliphatic carbocycles. The minimum atomic E-state index is -1.37. The first-order valence-corrected chi connectivity index (χ1v) is 9.16. The molecule has 0 bridgehead atoms. The summed E-state index contributed by atoms with van der Waals surface area (Å²) in [7, 11) is 0. The molecule has 6 nitrogen and oxygen atoms in total. The third-order valence-electron chi connectivity index (χ3n) is 4.12. The van der Waals surface area contributed by atoms with Gasteiger partial charge in [0.2, 0.25) is 5.88 Å². The molecule has 0 saturated heterocycles. The monoisotopic (exact) mass is 393 g/mol.